The first-order valence-corrected chi connectivity index (χ1v) is 1.91. The summed E-state index contributed by atoms with van der Waals surface area (Å²) in [4.78, 5) is 13.1. The maximum absolute atomic E-state index is 9.79. The van der Waals surface area contributed by atoms with Gasteiger partial charge in [-0.15, -0.1) is 0 Å². The monoisotopic (exact) mass is 112 g/mol. The topological polar surface area (TPSA) is 63.0 Å². The molecule has 0 aliphatic heterocycles. The Hall–Kier alpha value is -1.32. The number of hydrogen-bond donors (Lipinski definition) is 0. The zero-order valence-electron chi connectivity index (χ0n) is 3.83. The molecule has 0 aliphatic carbocycles. The fourth-order valence-corrected chi connectivity index (χ4v) is 0.324. The molecule has 1 heterocycles. The Bertz CT molecular complexity index is 179. The molecule has 8 heavy (non-hydrogen) atoms. The summed E-state index contributed by atoms with van der Waals surface area (Å²) in [5, 5.41) is 9.79. The lowest BCUT2D eigenvalue weighted by Crippen LogP contribution is -1.92. The highest BCUT2D eigenvalue weighted by atomic mass is 16.4. The number of oxazole rings is 1. The second-order valence-corrected chi connectivity index (χ2v) is 1.12. The lowest BCUT2D eigenvalue weighted by molar-refractivity contribution is 0.0527. The summed E-state index contributed by atoms with van der Waals surface area (Å²) in [6, 6.07) is 0. The van der Waals surface area contributed by atoms with E-state index >= 15 is 0 Å². The quantitative estimate of drug-likeness (QED) is 0.522. The molecule has 0 atom stereocenters. The lowest BCUT2D eigenvalue weighted by Gasteiger charge is -1.73. The van der Waals surface area contributed by atoms with Crippen LogP contribution in [0.1, 0.15) is 10.7 Å². The van der Waals surface area contributed by atoms with Gasteiger partial charge in [0, 0.05) is 0 Å². The van der Waals surface area contributed by atoms with E-state index in [4.69, 9.17) is 0 Å². The van der Waals surface area contributed by atoms with Crippen molar-refractivity contribution in [2.24, 2.45) is 0 Å². The smallest absolute Gasteiger partial charge is 0.440 e. The van der Waals surface area contributed by atoms with Crippen molar-refractivity contribution in [1.82, 2.24) is 4.98 Å². The fraction of sp³-hybridized carbons (Fsp3) is 0. The van der Waals surface area contributed by atoms with Gasteiger partial charge in [0.05, 0.1) is 6.20 Å². The normalized spacial score (nSPS) is 9.00. The van der Waals surface area contributed by atoms with Crippen LogP contribution in [0.4, 0.5) is 0 Å². The first kappa shape index (κ1) is 4.83. The van der Waals surface area contributed by atoms with Crippen LogP contribution in [0.3, 0.4) is 0 Å². The van der Waals surface area contributed by atoms with Crippen molar-refractivity contribution in [2.75, 3.05) is 0 Å². The van der Waals surface area contributed by atoms with Gasteiger partial charge in [-0.25, -0.2) is 14.9 Å². The molecule has 4 nitrogen and oxygen atoms in total. The van der Waals surface area contributed by atoms with Crippen LogP contribution in [0.15, 0.2) is 16.9 Å². The number of rotatable bonds is 1. The van der Waals surface area contributed by atoms with Gasteiger partial charge >= 0.3 is 11.9 Å². The minimum atomic E-state index is -1.39. The van der Waals surface area contributed by atoms with Gasteiger partial charge in [0.25, 0.3) is 0 Å². The van der Waals surface area contributed by atoms with E-state index in [0.717, 1.165) is 0 Å². The Morgan fingerprint density at radius 3 is 2.75 bits per heavy atom. The molecule has 41 valence electrons. The standard InChI is InChI=1S/C4H2NO3/c6-4(7)3-5-1-2-8-3/h1-2H. The van der Waals surface area contributed by atoms with E-state index in [-0.39, 0.29) is 5.89 Å². The van der Waals surface area contributed by atoms with Gasteiger partial charge in [-0.05, 0) is 0 Å². The van der Waals surface area contributed by atoms with Gasteiger partial charge < -0.3 is 4.42 Å². The van der Waals surface area contributed by atoms with E-state index in [0.29, 0.717) is 0 Å². The Morgan fingerprint density at radius 1 is 1.75 bits per heavy atom. The largest absolute Gasteiger partial charge is 0.440 e. The molecule has 1 rings (SSSR count). The molecule has 0 fully saturated rings. The van der Waals surface area contributed by atoms with Crippen molar-refractivity contribution in [2.45, 2.75) is 0 Å². The maximum atomic E-state index is 9.79. The third-order valence-electron chi connectivity index (χ3n) is 0.607. The zero-order chi connectivity index (χ0) is 5.98. The number of carbonyl (C=O) groups excluding carboxylic acids is 1. The molecule has 1 radical (unpaired) electrons. The number of aromatic nitrogens is 1. The minimum absolute atomic E-state index is 0.384. The van der Waals surface area contributed by atoms with Crippen LogP contribution in [0.5, 0.6) is 0 Å². The van der Waals surface area contributed by atoms with Gasteiger partial charge in [0.1, 0.15) is 6.26 Å². The average molecular weight is 112 g/mol. The highest BCUT2D eigenvalue weighted by Gasteiger charge is 2.07. The summed E-state index contributed by atoms with van der Waals surface area (Å²) in [5.74, 6) is -1.78. The second-order valence-electron chi connectivity index (χ2n) is 1.12. The summed E-state index contributed by atoms with van der Waals surface area (Å²) in [6.07, 6.45) is 2.41. The van der Waals surface area contributed by atoms with Gasteiger partial charge in [-0.1, -0.05) is 0 Å². The predicted molar refractivity (Wildman–Crippen MR) is 21.5 cm³/mol. The third-order valence-corrected chi connectivity index (χ3v) is 0.607. The summed E-state index contributed by atoms with van der Waals surface area (Å²) in [6.45, 7) is 0. The minimum Gasteiger partial charge on any atom is -0.440 e. The van der Waals surface area contributed by atoms with Crippen LogP contribution in [0, 0.1) is 0 Å². The molecule has 1 aromatic heterocycles. The lowest BCUT2D eigenvalue weighted by atomic mass is 10.7. The highest BCUT2D eigenvalue weighted by molar-refractivity contribution is 5.81. The average Bonchev–Trinajstić information content (AvgIpc) is 2.12. The molecule has 0 aromatic carbocycles. The SMILES string of the molecule is [O]C(=O)c1ncco1. The Balaban J connectivity index is 2.93. The van der Waals surface area contributed by atoms with Crippen molar-refractivity contribution in [3.8, 4) is 0 Å². The van der Waals surface area contributed by atoms with E-state index in [1.807, 2.05) is 0 Å². The van der Waals surface area contributed by atoms with Crippen LogP contribution in [0.2, 0.25) is 0 Å². The number of carbonyl (C=O) groups is 1. The molecule has 0 unspecified atom stereocenters. The Labute approximate surface area is 44.8 Å². The molecular formula is C4H2NO3. The van der Waals surface area contributed by atoms with Crippen LogP contribution < -0.4 is 0 Å². The molecule has 0 amide bonds. The zero-order valence-corrected chi connectivity index (χ0v) is 3.83. The maximum Gasteiger partial charge on any atom is 0.440 e. The molecular weight excluding hydrogens is 110 g/mol. The van der Waals surface area contributed by atoms with Gasteiger partial charge in [0.15, 0.2) is 0 Å². The van der Waals surface area contributed by atoms with Crippen LogP contribution in [0.25, 0.3) is 0 Å². The second kappa shape index (κ2) is 1.65. The van der Waals surface area contributed by atoms with Crippen molar-refractivity contribution in [1.29, 1.82) is 0 Å². The summed E-state index contributed by atoms with van der Waals surface area (Å²) in [5.41, 5.74) is 0. The molecule has 0 spiro atoms. The van der Waals surface area contributed by atoms with Gasteiger partial charge in [-0.3, -0.25) is 0 Å². The van der Waals surface area contributed by atoms with E-state index in [1.165, 1.54) is 12.5 Å². The molecule has 0 bridgehead atoms. The van der Waals surface area contributed by atoms with Crippen molar-refractivity contribution < 1.29 is 14.3 Å². The molecule has 0 N–H and O–H groups in total. The van der Waals surface area contributed by atoms with Crippen LogP contribution in [-0.2, 0) is 5.11 Å². The summed E-state index contributed by atoms with van der Waals surface area (Å²) >= 11 is 0. The number of hydrogen-bond acceptors (Lipinski definition) is 3. The van der Waals surface area contributed by atoms with E-state index < -0.39 is 5.97 Å². The molecule has 0 aliphatic rings. The van der Waals surface area contributed by atoms with Crippen molar-refractivity contribution in [3.05, 3.63) is 18.4 Å². The van der Waals surface area contributed by atoms with Crippen LogP contribution in [-0.4, -0.2) is 11.0 Å². The molecule has 1 aromatic rings. The Kier molecular flexibility index (Phi) is 0.997. The van der Waals surface area contributed by atoms with Crippen molar-refractivity contribution >= 4 is 5.97 Å². The molecule has 4 heteroatoms. The molecule has 0 saturated carbocycles. The Morgan fingerprint density at radius 2 is 2.50 bits per heavy atom. The first-order valence-electron chi connectivity index (χ1n) is 1.91. The fourth-order valence-electron chi connectivity index (χ4n) is 0.324. The van der Waals surface area contributed by atoms with Gasteiger partial charge in [0.2, 0.25) is 0 Å². The van der Waals surface area contributed by atoms with Crippen molar-refractivity contribution in [3.63, 3.8) is 0 Å². The summed E-state index contributed by atoms with van der Waals surface area (Å²) in [7, 11) is 0. The van der Waals surface area contributed by atoms with Crippen LogP contribution >= 0.6 is 0 Å². The third kappa shape index (κ3) is 0.676. The number of nitrogens with zero attached hydrogens (tertiary/aromatic N) is 1. The highest BCUT2D eigenvalue weighted by Crippen LogP contribution is 1.91. The summed E-state index contributed by atoms with van der Waals surface area (Å²) < 4.78 is 4.32. The first-order chi connectivity index (χ1) is 3.80. The predicted octanol–water partition coefficient (Wildman–Crippen LogP) is 0.245. The van der Waals surface area contributed by atoms with E-state index in [2.05, 4.69) is 9.40 Å². The van der Waals surface area contributed by atoms with Gasteiger partial charge in [-0.2, -0.15) is 0 Å². The van der Waals surface area contributed by atoms with E-state index in [1.54, 1.807) is 0 Å². The van der Waals surface area contributed by atoms with E-state index in [9.17, 15) is 9.90 Å². The molecule has 0 saturated heterocycles.